The van der Waals surface area contributed by atoms with Gasteiger partial charge in [0.2, 0.25) is 5.91 Å². The first-order chi connectivity index (χ1) is 10.6. The zero-order chi connectivity index (χ0) is 15.9. The van der Waals surface area contributed by atoms with Crippen LogP contribution in [0.3, 0.4) is 0 Å². The maximum atomic E-state index is 11.7. The van der Waals surface area contributed by atoms with E-state index >= 15 is 0 Å². The summed E-state index contributed by atoms with van der Waals surface area (Å²) in [6.07, 6.45) is 0.594. The SMILES string of the molecule is CNCCC(=O)Nc1nc(-c2ccc(OC(C)C)cc2)cs1.Cl. The maximum Gasteiger partial charge on any atom is 0.227 e. The van der Waals surface area contributed by atoms with Crippen LogP contribution in [-0.4, -0.2) is 30.6 Å². The molecule has 126 valence electrons. The molecule has 0 aliphatic carbocycles. The largest absolute Gasteiger partial charge is 0.491 e. The molecule has 0 saturated carbocycles. The number of benzene rings is 1. The molecule has 0 unspecified atom stereocenters. The van der Waals surface area contributed by atoms with Gasteiger partial charge in [0, 0.05) is 23.9 Å². The first kappa shape index (κ1) is 19.4. The number of thiazole rings is 1. The van der Waals surface area contributed by atoms with Crippen molar-refractivity contribution in [3.05, 3.63) is 29.6 Å². The highest BCUT2D eigenvalue weighted by Gasteiger charge is 2.08. The van der Waals surface area contributed by atoms with Gasteiger partial charge in [-0.25, -0.2) is 4.98 Å². The Morgan fingerprint density at radius 1 is 1.30 bits per heavy atom. The van der Waals surface area contributed by atoms with Gasteiger partial charge in [-0.1, -0.05) is 0 Å². The van der Waals surface area contributed by atoms with Crippen LogP contribution in [-0.2, 0) is 4.79 Å². The van der Waals surface area contributed by atoms with E-state index in [9.17, 15) is 4.79 Å². The van der Waals surface area contributed by atoms with E-state index in [0.29, 0.717) is 18.1 Å². The number of carbonyl (C=O) groups excluding carboxylic acids is 1. The van der Waals surface area contributed by atoms with Crippen LogP contribution in [0.2, 0.25) is 0 Å². The molecule has 7 heteroatoms. The summed E-state index contributed by atoms with van der Waals surface area (Å²) in [5, 5.41) is 8.31. The smallest absolute Gasteiger partial charge is 0.227 e. The number of hydrogen-bond donors (Lipinski definition) is 2. The number of aromatic nitrogens is 1. The summed E-state index contributed by atoms with van der Waals surface area (Å²) in [5.74, 6) is 0.811. The second kappa shape index (κ2) is 9.50. The van der Waals surface area contributed by atoms with Crippen molar-refractivity contribution in [1.29, 1.82) is 0 Å². The van der Waals surface area contributed by atoms with Crippen LogP contribution < -0.4 is 15.4 Å². The van der Waals surface area contributed by atoms with Crippen molar-refractivity contribution in [3.8, 4) is 17.0 Å². The van der Waals surface area contributed by atoms with E-state index in [1.807, 2.05) is 50.5 Å². The molecule has 0 fully saturated rings. The number of ether oxygens (including phenoxy) is 1. The Balaban J connectivity index is 0.00000264. The lowest BCUT2D eigenvalue weighted by atomic mass is 10.2. The van der Waals surface area contributed by atoms with Crippen molar-refractivity contribution in [2.24, 2.45) is 0 Å². The van der Waals surface area contributed by atoms with Gasteiger partial charge in [-0.2, -0.15) is 0 Å². The van der Waals surface area contributed by atoms with Crippen LogP contribution in [0.1, 0.15) is 20.3 Å². The number of carbonyl (C=O) groups is 1. The summed E-state index contributed by atoms with van der Waals surface area (Å²) >= 11 is 1.43. The zero-order valence-electron chi connectivity index (χ0n) is 13.5. The second-order valence-corrected chi connectivity index (χ2v) is 5.99. The molecule has 0 atom stereocenters. The Labute approximate surface area is 146 Å². The Bertz CT molecular complexity index is 614. The van der Waals surface area contributed by atoms with Crippen molar-refractivity contribution >= 4 is 34.8 Å². The normalized spacial score (nSPS) is 10.3. The standard InChI is InChI=1S/C16H21N3O2S.ClH/c1-11(2)21-13-6-4-12(5-7-13)14-10-22-16(18-14)19-15(20)8-9-17-3;/h4-7,10-11,17H,8-9H2,1-3H3,(H,18,19,20);1H. The summed E-state index contributed by atoms with van der Waals surface area (Å²) in [6, 6.07) is 7.80. The predicted molar refractivity (Wildman–Crippen MR) is 97.7 cm³/mol. The third kappa shape index (κ3) is 6.17. The van der Waals surface area contributed by atoms with E-state index in [-0.39, 0.29) is 24.4 Å². The first-order valence-electron chi connectivity index (χ1n) is 7.25. The van der Waals surface area contributed by atoms with Crippen LogP contribution in [0.25, 0.3) is 11.3 Å². The van der Waals surface area contributed by atoms with Gasteiger partial charge in [-0.05, 0) is 45.2 Å². The second-order valence-electron chi connectivity index (χ2n) is 5.13. The van der Waals surface area contributed by atoms with Gasteiger partial charge in [0.25, 0.3) is 0 Å². The van der Waals surface area contributed by atoms with Crippen LogP contribution in [0.4, 0.5) is 5.13 Å². The van der Waals surface area contributed by atoms with Gasteiger partial charge in [0.05, 0.1) is 11.8 Å². The Morgan fingerprint density at radius 3 is 2.61 bits per heavy atom. The molecule has 2 rings (SSSR count). The van der Waals surface area contributed by atoms with Gasteiger partial charge in [0.15, 0.2) is 5.13 Å². The topological polar surface area (TPSA) is 63.2 Å². The molecule has 1 aromatic heterocycles. The molecular weight excluding hydrogens is 334 g/mol. The number of anilines is 1. The maximum absolute atomic E-state index is 11.7. The quantitative estimate of drug-likeness (QED) is 0.797. The molecular formula is C16H22ClN3O2S. The van der Waals surface area contributed by atoms with E-state index < -0.39 is 0 Å². The molecule has 0 bridgehead atoms. The molecule has 1 heterocycles. The predicted octanol–water partition coefficient (Wildman–Crippen LogP) is 3.57. The minimum atomic E-state index is -0.0315. The lowest BCUT2D eigenvalue weighted by Gasteiger charge is -2.09. The third-order valence-electron chi connectivity index (χ3n) is 2.87. The highest BCUT2D eigenvalue weighted by atomic mass is 35.5. The van der Waals surface area contributed by atoms with Crippen LogP contribution in [0.15, 0.2) is 29.6 Å². The van der Waals surface area contributed by atoms with Crippen LogP contribution in [0.5, 0.6) is 5.75 Å². The van der Waals surface area contributed by atoms with Crippen LogP contribution >= 0.6 is 23.7 Å². The van der Waals surface area contributed by atoms with Gasteiger partial charge >= 0.3 is 0 Å². The average Bonchev–Trinajstić information content (AvgIpc) is 2.93. The first-order valence-corrected chi connectivity index (χ1v) is 8.13. The molecule has 23 heavy (non-hydrogen) atoms. The molecule has 2 aromatic rings. The summed E-state index contributed by atoms with van der Waals surface area (Å²) in [5.41, 5.74) is 1.85. The lowest BCUT2D eigenvalue weighted by molar-refractivity contribution is -0.116. The van der Waals surface area contributed by atoms with E-state index in [2.05, 4.69) is 15.6 Å². The van der Waals surface area contributed by atoms with E-state index in [0.717, 1.165) is 17.0 Å². The Kier molecular flexibility index (Phi) is 8.02. The summed E-state index contributed by atoms with van der Waals surface area (Å²) in [4.78, 5) is 16.1. The minimum absolute atomic E-state index is 0. The Morgan fingerprint density at radius 2 is 2.00 bits per heavy atom. The fourth-order valence-electron chi connectivity index (χ4n) is 1.86. The fraction of sp³-hybridized carbons (Fsp3) is 0.375. The zero-order valence-corrected chi connectivity index (χ0v) is 15.1. The summed E-state index contributed by atoms with van der Waals surface area (Å²) in [7, 11) is 1.82. The van der Waals surface area contributed by atoms with Gasteiger partial charge in [0.1, 0.15) is 5.75 Å². The van der Waals surface area contributed by atoms with Crippen molar-refractivity contribution in [2.45, 2.75) is 26.4 Å². The van der Waals surface area contributed by atoms with Gasteiger partial charge in [-0.15, -0.1) is 23.7 Å². The number of nitrogens with zero attached hydrogens (tertiary/aromatic N) is 1. The number of nitrogens with one attached hydrogen (secondary N) is 2. The molecule has 1 amide bonds. The van der Waals surface area contributed by atoms with E-state index in [1.165, 1.54) is 11.3 Å². The highest BCUT2D eigenvalue weighted by molar-refractivity contribution is 7.14. The molecule has 0 spiro atoms. The molecule has 0 saturated heterocycles. The fourth-order valence-corrected chi connectivity index (χ4v) is 2.60. The number of halogens is 1. The molecule has 0 aliphatic rings. The number of hydrogen-bond acceptors (Lipinski definition) is 5. The van der Waals surface area contributed by atoms with E-state index in [1.54, 1.807) is 0 Å². The summed E-state index contributed by atoms with van der Waals surface area (Å²) < 4.78 is 5.62. The van der Waals surface area contributed by atoms with Gasteiger partial charge < -0.3 is 15.4 Å². The molecule has 0 radical (unpaired) electrons. The third-order valence-corrected chi connectivity index (χ3v) is 3.63. The summed E-state index contributed by atoms with van der Waals surface area (Å²) in [6.45, 7) is 4.65. The van der Waals surface area contributed by atoms with Crippen molar-refractivity contribution < 1.29 is 9.53 Å². The van der Waals surface area contributed by atoms with Crippen molar-refractivity contribution in [1.82, 2.24) is 10.3 Å². The van der Waals surface area contributed by atoms with Crippen molar-refractivity contribution in [3.63, 3.8) is 0 Å². The molecule has 1 aromatic carbocycles. The number of rotatable bonds is 7. The molecule has 5 nitrogen and oxygen atoms in total. The minimum Gasteiger partial charge on any atom is -0.491 e. The van der Waals surface area contributed by atoms with Crippen molar-refractivity contribution in [2.75, 3.05) is 18.9 Å². The molecule has 0 aliphatic heterocycles. The van der Waals surface area contributed by atoms with Gasteiger partial charge in [-0.3, -0.25) is 4.79 Å². The number of amides is 1. The Hall–Kier alpha value is -1.63. The lowest BCUT2D eigenvalue weighted by Crippen LogP contribution is -2.18. The monoisotopic (exact) mass is 355 g/mol. The average molecular weight is 356 g/mol. The molecule has 2 N–H and O–H groups in total. The van der Waals surface area contributed by atoms with Crippen LogP contribution in [0, 0.1) is 0 Å². The highest BCUT2D eigenvalue weighted by Crippen LogP contribution is 2.26. The van der Waals surface area contributed by atoms with E-state index in [4.69, 9.17) is 4.74 Å².